The van der Waals surface area contributed by atoms with Crippen LogP contribution in [0, 0.1) is 21.7 Å². The van der Waals surface area contributed by atoms with Crippen LogP contribution in [0.25, 0.3) is 11.4 Å². The van der Waals surface area contributed by atoms with Gasteiger partial charge in [-0.05, 0) is 12.1 Å². The van der Waals surface area contributed by atoms with Crippen molar-refractivity contribution < 1.29 is 18.8 Å². The Balaban J connectivity index is 1.92. The summed E-state index contributed by atoms with van der Waals surface area (Å²) in [6.45, 7) is -0.157. The number of aliphatic hydroxyl groups excluding tert-OH is 1. The first-order valence-electron chi connectivity index (χ1n) is 7.35. The van der Waals surface area contributed by atoms with Crippen LogP contribution < -0.4 is 0 Å². The van der Waals surface area contributed by atoms with Gasteiger partial charge in [0.15, 0.2) is 0 Å². The lowest BCUT2D eigenvalue weighted by Gasteiger charge is -2.15. The highest BCUT2D eigenvalue weighted by molar-refractivity contribution is 5.59. The number of hydrogen-bond donors (Lipinski definition) is 1. The van der Waals surface area contributed by atoms with E-state index in [4.69, 9.17) is 0 Å². The Morgan fingerprint density at radius 3 is 2.56 bits per heavy atom. The summed E-state index contributed by atoms with van der Waals surface area (Å²) in [5.74, 6) is -1.34. The lowest BCUT2D eigenvalue weighted by molar-refractivity contribution is -0.384. The summed E-state index contributed by atoms with van der Waals surface area (Å²) in [6, 6.07) is 9.18. The van der Waals surface area contributed by atoms with E-state index in [-0.39, 0.29) is 12.2 Å². The van der Waals surface area contributed by atoms with Crippen LogP contribution in [-0.4, -0.2) is 19.6 Å². The first-order chi connectivity index (χ1) is 12.0. The van der Waals surface area contributed by atoms with Crippen molar-refractivity contribution in [2.75, 3.05) is 0 Å². The first-order valence-corrected chi connectivity index (χ1v) is 7.35. The molecule has 1 atom stereocenters. The van der Waals surface area contributed by atoms with Gasteiger partial charge in [0.1, 0.15) is 23.6 Å². The highest BCUT2D eigenvalue weighted by Gasteiger charge is 2.20. The van der Waals surface area contributed by atoms with Crippen molar-refractivity contribution in [1.29, 1.82) is 0 Å². The number of nitro benzene ring substituents is 1. The van der Waals surface area contributed by atoms with E-state index in [0.717, 1.165) is 12.1 Å². The highest BCUT2D eigenvalue weighted by atomic mass is 19.1. The van der Waals surface area contributed by atoms with Gasteiger partial charge in [0.05, 0.1) is 17.0 Å². The Labute approximate surface area is 141 Å². The molecule has 0 spiro atoms. The number of benzene rings is 2. The molecular weight excluding hydrogens is 332 g/mol. The first kappa shape index (κ1) is 16.7. The van der Waals surface area contributed by atoms with Crippen molar-refractivity contribution in [3.8, 4) is 11.4 Å². The van der Waals surface area contributed by atoms with Crippen LogP contribution in [0.3, 0.4) is 0 Å². The van der Waals surface area contributed by atoms with Crippen molar-refractivity contribution in [3.05, 3.63) is 82.2 Å². The van der Waals surface area contributed by atoms with Crippen LogP contribution in [0.1, 0.15) is 11.7 Å². The summed E-state index contributed by atoms with van der Waals surface area (Å²) in [5.41, 5.74) is -0.0747. The smallest absolute Gasteiger partial charge is 0.270 e. The second kappa shape index (κ2) is 6.78. The minimum absolute atomic E-state index is 0.104. The second-order valence-electron chi connectivity index (χ2n) is 5.36. The number of nitrogens with zero attached hydrogens (tertiary/aromatic N) is 3. The molecule has 0 aliphatic rings. The molecule has 6 nitrogen and oxygen atoms in total. The van der Waals surface area contributed by atoms with Gasteiger partial charge in [-0.25, -0.2) is 13.8 Å². The van der Waals surface area contributed by atoms with E-state index < -0.39 is 28.2 Å². The number of imidazole rings is 1. The van der Waals surface area contributed by atoms with E-state index in [1.807, 2.05) is 0 Å². The lowest BCUT2D eigenvalue weighted by atomic mass is 10.1. The average molecular weight is 345 g/mol. The molecule has 1 N–H and O–H groups in total. The lowest BCUT2D eigenvalue weighted by Crippen LogP contribution is -2.12. The molecule has 0 aliphatic carbocycles. The maximum absolute atomic E-state index is 13.8. The quantitative estimate of drug-likeness (QED) is 0.567. The molecule has 128 valence electrons. The van der Waals surface area contributed by atoms with E-state index in [1.165, 1.54) is 41.2 Å². The molecule has 1 heterocycles. The van der Waals surface area contributed by atoms with Gasteiger partial charge in [0.25, 0.3) is 5.69 Å². The molecule has 0 bridgehead atoms. The average Bonchev–Trinajstić information content (AvgIpc) is 3.03. The van der Waals surface area contributed by atoms with E-state index in [2.05, 4.69) is 4.98 Å². The predicted octanol–water partition coefficient (Wildman–Crippen LogP) is 3.47. The largest absolute Gasteiger partial charge is 0.386 e. The molecule has 8 heteroatoms. The van der Waals surface area contributed by atoms with Gasteiger partial charge in [0, 0.05) is 30.1 Å². The Hall–Kier alpha value is -3.13. The van der Waals surface area contributed by atoms with Gasteiger partial charge in [-0.3, -0.25) is 10.1 Å². The SMILES string of the molecule is O=[N+]([O-])c1cccc(-c2nccn2C[C@H](O)c2c(F)cccc2F)c1. The summed E-state index contributed by atoms with van der Waals surface area (Å²) < 4.78 is 29.1. The fraction of sp³-hybridized carbons (Fsp3) is 0.118. The molecule has 0 radical (unpaired) electrons. The zero-order chi connectivity index (χ0) is 18.0. The topological polar surface area (TPSA) is 81.2 Å². The Bertz CT molecular complexity index is 907. The molecule has 25 heavy (non-hydrogen) atoms. The molecular formula is C17H13F2N3O3. The summed E-state index contributed by atoms with van der Waals surface area (Å²) in [7, 11) is 0. The Morgan fingerprint density at radius 2 is 1.88 bits per heavy atom. The van der Waals surface area contributed by atoms with E-state index in [9.17, 15) is 24.0 Å². The third-order valence-corrected chi connectivity index (χ3v) is 3.73. The number of hydrogen-bond acceptors (Lipinski definition) is 4. The number of rotatable bonds is 5. The van der Waals surface area contributed by atoms with E-state index >= 15 is 0 Å². The summed E-state index contributed by atoms with van der Waals surface area (Å²) in [4.78, 5) is 14.5. The fourth-order valence-electron chi connectivity index (χ4n) is 2.58. The van der Waals surface area contributed by atoms with Crippen LogP contribution in [0.2, 0.25) is 0 Å². The summed E-state index contributed by atoms with van der Waals surface area (Å²) >= 11 is 0. The monoisotopic (exact) mass is 345 g/mol. The minimum atomic E-state index is -1.44. The number of halogens is 2. The zero-order valence-electron chi connectivity index (χ0n) is 12.8. The van der Waals surface area contributed by atoms with Crippen LogP contribution in [0.4, 0.5) is 14.5 Å². The van der Waals surface area contributed by atoms with Gasteiger partial charge in [0.2, 0.25) is 0 Å². The van der Waals surface area contributed by atoms with Crippen LogP contribution >= 0.6 is 0 Å². The molecule has 0 aliphatic heterocycles. The van der Waals surface area contributed by atoms with Crippen LogP contribution in [0.15, 0.2) is 54.9 Å². The third kappa shape index (κ3) is 3.38. The van der Waals surface area contributed by atoms with Gasteiger partial charge < -0.3 is 9.67 Å². The minimum Gasteiger partial charge on any atom is -0.386 e. The highest BCUT2D eigenvalue weighted by Crippen LogP contribution is 2.26. The zero-order valence-corrected chi connectivity index (χ0v) is 12.8. The Kier molecular flexibility index (Phi) is 4.53. The number of nitro groups is 1. The molecule has 0 saturated heterocycles. The molecule has 2 aromatic carbocycles. The standard InChI is InChI=1S/C17H13F2N3O3/c18-13-5-2-6-14(19)16(13)15(23)10-21-8-7-20-17(21)11-3-1-4-12(9-11)22(24)25/h1-9,15,23H,10H2/t15-/m0/s1. The molecule has 0 fully saturated rings. The normalized spacial score (nSPS) is 12.1. The predicted molar refractivity (Wildman–Crippen MR) is 85.6 cm³/mol. The van der Waals surface area contributed by atoms with Crippen LogP contribution in [0.5, 0.6) is 0 Å². The number of aliphatic hydroxyl groups is 1. The van der Waals surface area contributed by atoms with Gasteiger partial charge >= 0.3 is 0 Å². The number of aromatic nitrogens is 2. The second-order valence-corrected chi connectivity index (χ2v) is 5.36. The van der Waals surface area contributed by atoms with Crippen LogP contribution in [-0.2, 0) is 6.54 Å². The van der Waals surface area contributed by atoms with Crippen molar-refractivity contribution in [2.24, 2.45) is 0 Å². The Morgan fingerprint density at radius 1 is 1.20 bits per heavy atom. The van der Waals surface area contributed by atoms with Crippen molar-refractivity contribution >= 4 is 5.69 Å². The third-order valence-electron chi connectivity index (χ3n) is 3.73. The van der Waals surface area contributed by atoms with Gasteiger partial charge in [-0.15, -0.1) is 0 Å². The van der Waals surface area contributed by atoms with Crippen molar-refractivity contribution in [3.63, 3.8) is 0 Å². The molecule has 1 aromatic heterocycles. The molecule has 3 rings (SSSR count). The molecule has 0 saturated carbocycles. The van der Waals surface area contributed by atoms with E-state index in [1.54, 1.807) is 6.07 Å². The van der Waals surface area contributed by atoms with Gasteiger partial charge in [-0.1, -0.05) is 18.2 Å². The fourth-order valence-corrected chi connectivity index (χ4v) is 2.58. The molecule has 3 aromatic rings. The maximum atomic E-state index is 13.8. The van der Waals surface area contributed by atoms with Gasteiger partial charge in [-0.2, -0.15) is 0 Å². The molecule has 0 amide bonds. The maximum Gasteiger partial charge on any atom is 0.270 e. The summed E-state index contributed by atoms with van der Waals surface area (Å²) in [5, 5.41) is 21.1. The van der Waals surface area contributed by atoms with E-state index in [0.29, 0.717) is 11.4 Å². The molecule has 0 unspecified atom stereocenters. The van der Waals surface area contributed by atoms with Crippen molar-refractivity contribution in [2.45, 2.75) is 12.6 Å². The summed E-state index contributed by atoms with van der Waals surface area (Å²) in [6.07, 6.45) is 1.53. The number of non-ortho nitro benzene ring substituents is 1. The van der Waals surface area contributed by atoms with Crippen molar-refractivity contribution in [1.82, 2.24) is 9.55 Å².